The van der Waals surface area contributed by atoms with Crippen LogP contribution in [-0.4, -0.2) is 18.8 Å². The van der Waals surface area contributed by atoms with Crippen LogP contribution in [0.15, 0.2) is 0 Å². The van der Waals surface area contributed by atoms with E-state index in [-0.39, 0.29) is 0 Å². The average molecular weight is 213 g/mol. The fourth-order valence-electron chi connectivity index (χ4n) is 2.24. The highest BCUT2D eigenvalue weighted by Crippen LogP contribution is 2.18. The summed E-state index contributed by atoms with van der Waals surface area (Å²) in [6, 6.07) is 0.405. The van der Waals surface area contributed by atoms with Crippen LogP contribution in [0.4, 0.5) is 0 Å². The van der Waals surface area contributed by atoms with Gasteiger partial charge in [-0.05, 0) is 38.5 Å². The third-order valence-electron chi connectivity index (χ3n) is 3.31. The molecule has 1 heterocycles. The highest BCUT2D eigenvalue weighted by Gasteiger charge is 2.14. The van der Waals surface area contributed by atoms with Crippen molar-refractivity contribution in [2.45, 2.75) is 76.9 Å². The van der Waals surface area contributed by atoms with Crippen LogP contribution >= 0.6 is 0 Å². The van der Waals surface area contributed by atoms with E-state index in [1.165, 1.54) is 51.4 Å². The van der Waals surface area contributed by atoms with E-state index in [0.29, 0.717) is 12.1 Å². The van der Waals surface area contributed by atoms with E-state index in [1.54, 1.807) is 0 Å². The highest BCUT2D eigenvalue weighted by molar-refractivity contribution is 4.68. The molecule has 2 heteroatoms. The van der Waals surface area contributed by atoms with E-state index in [4.69, 9.17) is 10.5 Å². The van der Waals surface area contributed by atoms with Crippen molar-refractivity contribution in [1.29, 1.82) is 0 Å². The molecule has 2 nitrogen and oxygen atoms in total. The van der Waals surface area contributed by atoms with Gasteiger partial charge < -0.3 is 10.5 Å². The van der Waals surface area contributed by atoms with Gasteiger partial charge >= 0.3 is 0 Å². The van der Waals surface area contributed by atoms with Crippen LogP contribution < -0.4 is 5.73 Å². The van der Waals surface area contributed by atoms with Gasteiger partial charge in [-0.25, -0.2) is 0 Å². The van der Waals surface area contributed by atoms with E-state index in [9.17, 15) is 0 Å². The molecule has 0 radical (unpaired) electrons. The Labute approximate surface area is 94.6 Å². The van der Waals surface area contributed by atoms with Crippen molar-refractivity contribution < 1.29 is 4.74 Å². The quantitative estimate of drug-likeness (QED) is 0.659. The molecule has 1 rings (SSSR count). The van der Waals surface area contributed by atoms with E-state index in [2.05, 4.69) is 6.92 Å². The van der Waals surface area contributed by atoms with Crippen LogP contribution in [0, 0.1) is 0 Å². The molecule has 2 unspecified atom stereocenters. The van der Waals surface area contributed by atoms with Gasteiger partial charge in [0, 0.05) is 12.6 Å². The zero-order valence-corrected chi connectivity index (χ0v) is 10.2. The van der Waals surface area contributed by atoms with Crippen molar-refractivity contribution in [2.75, 3.05) is 6.61 Å². The molecule has 0 aromatic rings. The zero-order valence-electron chi connectivity index (χ0n) is 10.2. The molecule has 0 bridgehead atoms. The van der Waals surface area contributed by atoms with E-state index in [0.717, 1.165) is 13.0 Å². The monoisotopic (exact) mass is 213 g/mol. The van der Waals surface area contributed by atoms with Crippen LogP contribution in [0.25, 0.3) is 0 Å². The van der Waals surface area contributed by atoms with Crippen molar-refractivity contribution in [3.63, 3.8) is 0 Å². The first-order valence-electron chi connectivity index (χ1n) is 6.70. The Balaban J connectivity index is 1.97. The first-order valence-corrected chi connectivity index (χ1v) is 6.70. The Morgan fingerprint density at radius 3 is 2.80 bits per heavy atom. The molecule has 1 aliphatic heterocycles. The lowest BCUT2D eigenvalue weighted by molar-refractivity contribution is 0.00901. The number of ether oxygens (including phenoxy) is 1. The molecule has 15 heavy (non-hydrogen) atoms. The molecule has 1 fully saturated rings. The molecule has 0 aromatic carbocycles. The lowest BCUT2D eigenvalue weighted by Gasteiger charge is -2.23. The first-order chi connectivity index (χ1) is 7.33. The number of hydrogen-bond donors (Lipinski definition) is 1. The number of unbranched alkanes of at least 4 members (excludes halogenated alkanes) is 2. The summed E-state index contributed by atoms with van der Waals surface area (Å²) in [5.41, 5.74) is 6.08. The van der Waals surface area contributed by atoms with Gasteiger partial charge in [0.15, 0.2) is 0 Å². The molecule has 1 aliphatic rings. The largest absolute Gasteiger partial charge is 0.378 e. The molecule has 0 aliphatic carbocycles. The lowest BCUT2D eigenvalue weighted by Crippen LogP contribution is -2.25. The van der Waals surface area contributed by atoms with Crippen molar-refractivity contribution in [3.05, 3.63) is 0 Å². The maximum Gasteiger partial charge on any atom is 0.0575 e. The molecule has 0 aromatic heterocycles. The Morgan fingerprint density at radius 1 is 1.27 bits per heavy atom. The predicted octanol–water partition coefficient (Wildman–Crippen LogP) is 3.24. The average Bonchev–Trinajstić information content (AvgIpc) is 2.28. The van der Waals surface area contributed by atoms with Crippen LogP contribution in [0.2, 0.25) is 0 Å². The summed E-state index contributed by atoms with van der Waals surface area (Å²) >= 11 is 0. The van der Waals surface area contributed by atoms with Gasteiger partial charge in [-0.15, -0.1) is 0 Å². The molecule has 90 valence electrons. The van der Waals surface area contributed by atoms with Crippen LogP contribution in [0.1, 0.15) is 64.7 Å². The third-order valence-corrected chi connectivity index (χ3v) is 3.31. The minimum absolute atomic E-state index is 0.405. The molecule has 1 saturated heterocycles. The van der Waals surface area contributed by atoms with Crippen LogP contribution in [-0.2, 0) is 4.74 Å². The predicted molar refractivity (Wildman–Crippen MR) is 64.9 cm³/mol. The molecule has 0 spiro atoms. The van der Waals surface area contributed by atoms with Crippen molar-refractivity contribution in [1.82, 2.24) is 0 Å². The molecule has 0 amide bonds. The minimum Gasteiger partial charge on any atom is -0.378 e. The number of nitrogens with two attached hydrogens (primary N) is 1. The topological polar surface area (TPSA) is 35.2 Å². The number of rotatable bonds is 7. The summed E-state index contributed by atoms with van der Waals surface area (Å²) in [6.45, 7) is 3.21. The van der Waals surface area contributed by atoms with Gasteiger partial charge in [0.1, 0.15) is 0 Å². The second-order valence-corrected chi connectivity index (χ2v) is 4.82. The normalized spacial score (nSPS) is 24.0. The fourth-order valence-corrected chi connectivity index (χ4v) is 2.24. The van der Waals surface area contributed by atoms with Gasteiger partial charge in [-0.2, -0.15) is 0 Å². The van der Waals surface area contributed by atoms with Crippen LogP contribution in [0.3, 0.4) is 0 Å². The summed E-state index contributed by atoms with van der Waals surface area (Å²) in [6.07, 6.45) is 11.8. The summed E-state index contributed by atoms with van der Waals surface area (Å²) in [5.74, 6) is 0. The van der Waals surface area contributed by atoms with Gasteiger partial charge in [-0.1, -0.05) is 26.2 Å². The smallest absolute Gasteiger partial charge is 0.0575 e. The maximum absolute atomic E-state index is 6.08. The molecule has 2 atom stereocenters. The third kappa shape index (κ3) is 6.16. The molecule has 0 saturated carbocycles. The highest BCUT2D eigenvalue weighted by atomic mass is 16.5. The lowest BCUT2D eigenvalue weighted by atomic mass is 9.99. The van der Waals surface area contributed by atoms with E-state index < -0.39 is 0 Å². The van der Waals surface area contributed by atoms with Gasteiger partial charge in [0.05, 0.1) is 6.10 Å². The fraction of sp³-hybridized carbons (Fsp3) is 1.00. The second-order valence-electron chi connectivity index (χ2n) is 4.82. The second kappa shape index (κ2) is 8.12. The Hall–Kier alpha value is -0.0800. The molecular weight excluding hydrogens is 186 g/mol. The summed E-state index contributed by atoms with van der Waals surface area (Å²) < 4.78 is 5.70. The first kappa shape index (κ1) is 13.0. The van der Waals surface area contributed by atoms with Gasteiger partial charge in [0.2, 0.25) is 0 Å². The SMILES string of the molecule is CCCCCC(N)CCC1CCCCO1. The Morgan fingerprint density at radius 2 is 2.13 bits per heavy atom. The Bertz CT molecular complexity index is 143. The minimum atomic E-state index is 0.405. The summed E-state index contributed by atoms with van der Waals surface area (Å²) in [7, 11) is 0. The Kier molecular flexibility index (Phi) is 7.03. The summed E-state index contributed by atoms with van der Waals surface area (Å²) in [4.78, 5) is 0. The number of hydrogen-bond acceptors (Lipinski definition) is 2. The molecule has 2 N–H and O–H groups in total. The van der Waals surface area contributed by atoms with E-state index >= 15 is 0 Å². The van der Waals surface area contributed by atoms with Crippen molar-refractivity contribution in [2.24, 2.45) is 5.73 Å². The van der Waals surface area contributed by atoms with Gasteiger partial charge in [0.25, 0.3) is 0 Å². The molecular formula is C13H27NO. The van der Waals surface area contributed by atoms with E-state index in [1.807, 2.05) is 0 Å². The van der Waals surface area contributed by atoms with Crippen LogP contribution in [0.5, 0.6) is 0 Å². The zero-order chi connectivity index (χ0) is 10.9. The van der Waals surface area contributed by atoms with Crippen molar-refractivity contribution >= 4 is 0 Å². The standard InChI is InChI=1S/C13H27NO/c1-2-3-4-7-12(14)9-10-13-8-5-6-11-15-13/h12-13H,2-11,14H2,1H3. The maximum atomic E-state index is 6.08. The van der Waals surface area contributed by atoms with Gasteiger partial charge in [-0.3, -0.25) is 0 Å². The summed E-state index contributed by atoms with van der Waals surface area (Å²) in [5, 5.41) is 0. The van der Waals surface area contributed by atoms with Crippen molar-refractivity contribution in [3.8, 4) is 0 Å².